The second-order valence-electron chi connectivity index (χ2n) is 8.80. The summed E-state index contributed by atoms with van der Waals surface area (Å²) in [7, 11) is 0. The summed E-state index contributed by atoms with van der Waals surface area (Å²) < 4.78 is 0. The van der Waals surface area contributed by atoms with Crippen molar-refractivity contribution in [3.05, 3.63) is 30.3 Å². The molecule has 0 bridgehead atoms. The molecule has 0 spiro atoms. The number of carbonyl (C=O) groups excluding carboxylic acids is 3. The maximum Gasteiger partial charge on any atom is 0.321 e. The molecular formula is C23H30N6O4S. The van der Waals surface area contributed by atoms with E-state index >= 15 is 0 Å². The topological polar surface area (TPSA) is 128 Å². The Morgan fingerprint density at radius 2 is 1.85 bits per heavy atom. The van der Waals surface area contributed by atoms with Gasteiger partial charge in [-0.25, -0.2) is 10.3 Å². The highest BCUT2D eigenvalue weighted by Gasteiger charge is 2.37. The van der Waals surface area contributed by atoms with Crippen molar-refractivity contribution in [3.8, 4) is 10.6 Å². The summed E-state index contributed by atoms with van der Waals surface area (Å²) in [6, 6.07) is 8.57. The van der Waals surface area contributed by atoms with Gasteiger partial charge in [0.25, 0.3) is 5.91 Å². The Labute approximate surface area is 202 Å². The second-order valence-corrected chi connectivity index (χ2v) is 9.77. The molecular weight excluding hydrogens is 456 g/mol. The van der Waals surface area contributed by atoms with E-state index in [0.717, 1.165) is 24.8 Å². The summed E-state index contributed by atoms with van der Waals surface area (Å²) >= 11 is 1.27. The summed E-state index contributed by atoms with van der Waals surface area (Å²) in [5.74, 6) is -0.424. The van der Waals surface area contributed by atoms with Crippen LogP contribution in [0.5, 0.6) is 0 Å². The average Bonchev–Trinajstić information content (AvgIpc) is 3.63. The molecule has 1 aromatic carbocycles. The van der Waals surface area contributed by atoms with E-state index in [-0.39, 0.29) is 18.5 Å². The van der Waals surface area contributed by atoms with Crippen LogP contribution in [-0.4, -0.2) is 68.7 Å². The fourth-order valence-corrected chi connectivity index (χ4v) is 5.45. The Morgan fingerprint density at radius 3 is 2.59 bits per heavy atom. The van der Waals surface area contributed by atoms with E-state index in [2.05, 4.69) is 15.5 Å². The van der Waals surface area contributed by atoms with Crippen molar-refractivity contribution in [1.29, 1.82) is 0 Å². The molecule has 4 rings (SSSR count). The zero-order valence-electron chi connectivity index (χ0n) is 19.0. The lowest BCUT2D eigenvalue weighted by Gasteiger charge is -2.31. The number of aromatic nitrogens is 2. The van der Waals surface area contributed by atoms with E-state index < -0.39 is 11.9 Å². The van der Waals surface area contributed by atoms with Gasteiger partial charge in [0.05, 0.1) is 0 Å². The van der Waals surface area contributed by atoms with Gasteiger partial charge < -0.3 is 9.80 Å². The molecule has 4 amide bonds. The van der Waals surface area contributed by atoms with Crippen LogP contribution in [0.2, 0.25) is 0 Å². The summed E-state index contributed by atoms with van der Waals surface area (Å²) in [5, 5.41) is 21.1. The minimum absolute atomic E-state index is 0.246. The lowest BCUT2D eigenvalue weighted by Crippen LogP contribution is -2.51. The zero-order chi connectivity index (χ0) is 23.9. The van der Waals surface area contributed by atoms with Crippen molar-refractivity contribution >= 4 is 34.3 Å². The molecule has 2 aromatic rings. The summed E-state index contributed by atoms with van der Waals surface area (Å²) in [6.45, 7) is 0.602. The van der Waals surface area contributed by atoms with Gasteiger partial charge in [-0.15, -0.1) is 10.2 Å². The monoisotopic (exact) mass is 486 g/mol. The molecule has 1 unspecified atom stereocenters. The third kappa shape index (κ3) is 5.89. The number of nitrogens with one attached hydrogen (secondary N) is 2. The van der Waals surface area contributed by atoms with E-state index in [0.29, 0.717) is 42.0 Å². The van der Waals surface area contributed by atoms with E-state index in [1.54, 1.807) is 5.48 Å². The van der Waals surface area contributed by atoms with Gasteiger partial charge in [-0.05, 0) is 25.2 Å². The molecule has 1 aliphatic heterocycles. The number of hydroxylamine groups is 1. The first-order chi connectivity index (χ1) is 16.5. The number of hydrogen-bond donors (Lipinski definition) is 3. The van der Waals surface area contributed by atoms with Gasteiger partial charge in [-0.2, -0.15) is 0 Å². The quantitative estimate of drug-likeness (QED) is 0.389. The molecule has 182 valence electrons. The lowest BCUT2D eigenvalue weighted by molar-refractivity contribution is -0.129. The molecule has 1 saturated heterocycles. The SMILES string of the molecule is O=C(CN(CCC1CCCC1)C(=O)N1CCCC1C(=O)Nc1nnc(-c2ccccc2)s1)NO. The van der Waals surface area contributed by atoms with Crippen molar-refractivity contribution in [2.24, 2.45) is 5.92 Å². The van der Waals surface area contributed by atoms with Crippen molar-refractivity contribution in [2.45, 2.75) is 51.0 Å². The number of nitrogens with zero attached hydrogens (tertiary/aromatic N) is 4. The Morgan fingerprint density at radius 1 is 1.09 bits per heavy atom. The first kappa shape index (κ1) is 24.1. The van der Waals surface area contributed by atoms with Crippen LogP contribution in [0.4, 0.5) is 9.93 Å². The smallest absolute Gasteiger partial charge is 0.315 e. The zero-order valence-corrected chi connectivity index (χ0v) is 19.8. The van der Waals surface area contributed by atoms with Crippen LogP contribution in [0.15, 0.2) is 30.3 Å². The lowest BCUT2D eigenvalue weighted by atomic mass is 10.0. The van der Waals surface area contributed by atoms with Gasteiger partial charge in [0.15, 0.2) is 0 Å². The maximum absolute atomic E-state index is 13.3. The van der Waals surface area contributed by atoms with Gasteiger partial charge in [0, 0.05) is 18.7 Å². The van der Waals surface area contributed by atoms with E-state index in [1.807, 2.05) is 30.3 Å². The van der Waals surface area contributed by atoms with Crippen LogP contribution in [0, 0.1) is 5.92 Å². The van der Waals surface area contributed by atoms with Crippen LogP contribution >= 0.6 is 11.3 Å². The third-order valence-electron chi connectivity index (χ3n) is 6.49. The highest BCUT2D eigenvalue weighted by atomic mass is 32.1. The molecule has 2 fully saturated rings. The Hall–Kier alpha value is -3.05. The summed E-state index contributed by atoms with van der Waals surface area (Å²) in [6.07, 6.45) is 6.69. The number of amides is 4. The minimum Gasteiger partial charge on any atom is -0.315 e. The van der Waals surface area contributed by atoms with Crippen LogP contribution < -0.4 is 10.8 Å². The minimum atomic E-state index is -0.651. The first-order valence-corrected chi connectivity index (χ1v) is 12.5. The highest BCUT2D eigenvalue weighted by Crippen LogP contribution is 2.29. The number of hydrogen-bond acceptors (Lipinski definition) is 7. The maximum atomic E-state index is 13.3. The summed E-state index contributed by atoms with van der Waals surface area (Å²) in [5.41, 5.74) is 2.52. The summed E-state index contributed by atoms with van der Waals surface area (Å²) in [4.78, 5) is 41.2. The van der Waals surface area contributed by atoms with Gasteiger partial charge in [0.2, 0.25) is 11.0 Å². The largest absolute Gasteiger partial charge is 0.321 e. The van der Waals surface area contributed by atoms with Crippen LogP contribution in [-0.2, 0) is 9.59 Å². The van der Waals surface area contributed by atoms with Gasteiger partial charge in [-0.1, -0.05) is 67.4 Å². The predicted molar refractivity (Wildman–Crippen MR) is 127 cm³/mol. The molecule has 2 heterocycles. The van der Waals surface area contributed by atoms with Crippen molar-refractivity contribution in [3.63, 3.8) is 0 Å². The number of anilines is 1. The molecule has 1 saturated carbocycles. The third-order valence-corrected chi connectivity index (χ3v) is 7.38. The van der Waals surface area contributed by atoms with Crippen LogP contribution in [0.3, 0.4) is 0 Å². The van der Waals surface area contributed by atoms with E-state index in [4.69, 9.17) is 5.21 Å². The fraction of sp³-hybridized carbons (Fsp3) is 0.522. The Balaban J connectivity index is 1.40. The molecule has 1 aliphatic carbocycles. The molecule has 10 nitrogen and oxygen atoms in total. The van der Waals surface area contributed by atoms with E-state index in [9.17, 15) is 14.4 Å². The normalized spacial score (nSPS) is 18.1. The molecule has 1 atom stereocenters. The first-order valence-electron chi connectivity index (χ1n) is 11.7. The van der Waals surface area contributed by atoms with Crippen molar-refractivity contribution in [1.82, 2.24) is 25.5 Å². The van der Waals surface area contributed by atoms with Gasteiger partial charge >= 0.3 is 6.03 Å². The van der Waals surface area contributed by atoms with Crippen molar-refractivity contribution in [2.75, 3.05) is 25.0 Å². The molecule has 2 aliphatic rings. The molecule has 11 heteroatoms. The second kappa shape index (κ2) is 11.4. The highest BCUT2D eigenvalue weighted by molar-refractivity contribution is 7.18. The molecule has 0 radical (unpaired) electrons. The average molecular weight is 487 g/mol. The number of urea groups is 1. The molecule has 1 aromatic heterocycles. The Bertz CT molecular complexity index is 994. The van der Waals surface area contributed by atoms with E-state index in [1.165, 1.54) is 34.0 Å². The van der Waals surface area contributed by atoms with Crippen LogP contribution in [0.25, 0.3) is 10.6 Å². The predicted octanol–water partition coefficient (Wildman–Crippen LogP) is 3.12. The number of carbonyl (C=O) groups is 3. The number of benzene rings is 1. The molecule has 34 heavy (non-hydrogen) atoms. The standard InChI is InChI=1S/C23H30N6O4S/c30-19(27-33)15-28(14-12-16-7-4-5-8-16)23(32)29-13-6-11-18(29)20(31)24-22-26-25-21(34-22)17-9-2-1-3-10-17/h1-3,9-10,16,18,33H,4-8,11-15H2,(H,27,30)(H,24,26,31). The Kier molecular flexibility index (Phi) is 8.07. The van der Waals surface area contributed by atoms with Crippen LogP contribution in [0.1, 0.15) is 44.9 Å². The molecule has 3 N–H and O–H groups in total. The fourth-order valence-electron chi connectivity index (χ4n) is 4.70. The van der Waals surface area contributed by atoms with Gasteiger partial charge in [-0.3, -0.25) is 20.1 Å². The number of likely N-dealkylation sites (tertiary alicyclic amines) is 1. The van der Waals surface area contributed by atoms with Crippen molar-refractivity contribution < 1.29 is 19.6 Å². The number of rotatable bonds is 8. The van der Waals surface area contributed by atoms with Gasteiger partial charge in [0.1, 0.15) is 17.6 Å².